The molecule has 0 bridgehead atoms. The third-order valence-electron chi connectivity index (χ3n) is 3.56. The minimum atomic E-state index is -1.21. The van der Waals surface area contributed by atoms with Crippen LogP contribution in [0.3, 0.4) is 0 Å². The molecule has 1 saturated carbocycles. The molecule has 5 nitrogen and oxygen atoms in total. The maximum atomic E-state index is 12.4. The molecule has 96 valence electrons. The molecule has 1 fully saturated rings. The quantitative estimate of drug-likeness (QED) is 0.823. The number of carbonyl (C=O) groups excluding carboxylic acids is 1. The molecule has 1 N–H and O–H groups in total. The molecule has 1 aromatic rings. The zero-order chi connectivity index (χ0) is 13.2. The lowest BCUT2D eigenvalue weighted by atomic mass is 9.67. The Balaban J connectivity index is 2.29. The van der Waals surface area contributed by atoms with Crippen LogP contribution in [0.4, 0.5) is 5.69 Å². The number of nitrogens with zero attached hydrogens (tertiary/aromatic N) is 2. The molecule has 0 aromatic carbocycles. The molecule has 1 aliphatic rings. The minimum absolute atomic E-state index is 0.310. The fourth-order valence-corrected chi connectivity index (χ4v) is 2.28. The molecule has 1 aromatic heterocycles. The van der Waals surface area contributed by atoms with E-state index in [-0.39, 0.29) is 5.91 Å². The predicted octanol–water partition coefficient (Wildman–Crippen LogP) is 1.69. The van der Waals surface area contributed by atoms with Crippen LogP contribution in [-0.4, -0.2) is 28.5 Å². The molecule has 0 aliphatic heterocycles. The monoisotopic (exact) mass is 248 g/mol. The van der Waals surface area contributed by atoms with Gasteiger partial charge >= 0.3 is 5.97 Å². The summed E-state index contributed by atoms with van der Waals surface area (Å²) in [6, 6.07) is 3.44. The molecule has 2 rings (SSSR count). The van der Waals surface area contributed by atoms with E-state index >= 15 is 0 Å². The summed E-state index contributed by atoms with van der Waals surface area (Å²) in [5, 5.41) is 9.29. The van der Waals surface area contributed by atoms with Gasteiger partial charge in [0.2, 0.25) is 5.91 Å². The average Bonchev–Trinajstić information content (AvgIpc) is 2.29. The number of carboxylic acids is 1. The van der Waals surface area contributed by atoms with Crippen LogP contribution in [0, 0.1) is 5.41 Å². The van der Waals surface area contributed by atoms with E-state index in [1.165, 1.54) is 4.90 Å². The van der Waals surface area contributed by atoms with Gasteiger partial charge < -0.3 is 10.0 Å². The second kappa shape index (κ2) is 4.76. The summed E-state index contributed by atoms with van der Waals surface area (Å²) in [6.07, 6.45) is 4.86. The van der Waals surface area contributed by atoms with Crippen LogP contribution < -0.4 is 4.90 Å². The van der Waals surface area contributed by atoms with Crippen LogP contribution in [0.1, 0.15) is 26.2 Å². The van der Waals surface area contributed by atoms with Crippen molar-refractivity contribution in [3.05, 3.63) is 24.5 Å². The minimum Gasteiger partial charge on any atom is -0.480 e. The second-order valence-corrected chi connectivity index (χ2v) is 4.50. The zero-order valence-corrected chi connectivity index (χ0v) is 10.3. The van der Waals surface area contributed by atoms with Crippen molar-refractivity contribution < 1.29 is 14.7 Å². The number of aromatic nitrogens is 1. The highest BCUT2D eigenvalue weighted by atomic mass is 16.4. The van der Waals surface area contributed by atoms with E-state index in [0.29, 0.717) is 25.1 Å². The van der Waals surface area contributed by atoms with Crippen molar-refractivity contribution in [3.63, 3.8) is 0 Å². The number of amides is 1. The third kappa shape index (κ3) is 1.85. The van der Waals surface area contributed by atoms with E-state index in [4.69, 9.17) is 0 Å². The molecule has 0 atom stereocenters. The van der Waals surface area contributed by atoms with E-state index < -0.39 is 11.4 Å². The normalized spacial score (nSPS) is 16.7. The van der Waals surface area contributed by atoms with Crippen LogP contribution in [-0.2, 0) is 9.59 Å². The Kier molecular flexibility index (Phi) is 3.32. The molecule has 1 aliphatic carbocycles. The number of anilines is 1. The molecular formula is C13H16N2O3. The van der Waals surface area contributed by atoms with E-state index in [9.17, 15) is 14.7 Å². The van der Waals surface area contributed by atoms with Crippen molar-refractivity contribution in [2.45, 2.75) is 26.2 Å². The fourth-order valence-electron chi connectivity index (χ4n) is 2.28. The lowest BCUT2D eigenvalue weighted by Crippen LogP contribution is -2.52. The summed E-state index contributed by atoms with van der Waals surface area (Å²) in [6.45, 7) is 2.30. The van der Waals surface area contributed by atoms with Crippen molar-refractivity contribution >= 4 is 17.6 Å². The SMILES string of the molecule is CCN(C(=O)C1(C(=O)O)CCC1)c1ccncc1. The van der Waals surface area contributed by atoms with Gasteiger partial charge in [0.15, 0.2) is 0 Å². The summed E-state index contributed by atoms with van der Waals surface area (Å²) in [5.41, 5.74) is -0.510. The summed E-state index contributed by atoms with van der Waals surface area (Å²) in [7, 11) is 0. The van der Waals surface area contributed by atoms with Crippen LogP contribution in [0.5, 0.6) is 0 Å². The number of rotatable bonds is 4. The molecular weight excluding hydrogens is 232 g/mol. The zero-order valence-electron chi connectivity index (χ0n) is 10.3. The molecule has 0 unspecified atom stereocenters. The molecule has 18 heavy (non-hydrogen) atoms. The predicted molar refractivity (Wildman–Crippen MR) is 66.2 cm³/mol. The van der Waals surface area contributed by atoms with Gasteiger partial charge in [0.25, 0.3) is 0 Å². The number of hydrogen-bond donors (Lipinski definition) is 1. The summed E-state index contributed by atoms with van der Waals surface area (Å²) in [4.78, 5) is 29.2. The topological polar surface area (TPSA) is 70.5 Å². The molecule has 5 heteroatoms. The standard InChI is InChI=1S/C13H16N2O3/c1-2-15(10-4-8-14-9-5-10)11(16)13(12(17)18)6-3-7-13/h4-5,8-9H,2-3,6-7H2,1H3,(H,17,18). The van der Waals surface area contributed by atoms with Crippen molar-refractivity contribution in [1.29, 1.82) is 0 Å². The van der Waals surface area contributed by atoms with E-state index in [2.05, 4.69) is 4.98 Å². The van der Waals surface area contributed by atoms with Crippen molar-refractivity contribution in [2.24, 2.45) is 5.41 Å². The number of aliphatic carboxylic acids is 1. The summed E-state index contributed by atoms with van der Waals surface area (Å²) in [5.74, 6) is -1.32. The van der Waals surface area contributed by atoms with Gasteiger partial charge in [-0.2, -0.15) is 0 Å². The van der Waals surface area contributed by atoms with Gasteiger partial charge in [-0.15, -0.1) is 0 Å². The van der Waals surface area contributed by atoms with Crippen LogP contribution in [0.15, 0.2) is 24.5 Å². The Morgan fingerprint density at radius 2 is 2.00 bits per heavy atom. The smallest absolute Gasteiger partial charge is 0.319 e. The van der Waals surface area contributed by atoms with Crippen molar-refractivity contribution in [1.82, 2.24) is 4.98 Å². The summed E-state index contributed by atoms with van der Waals surface area (Å²) >= 11 is 0. The first-order valence-corrected chi connectivity index (χ1v) is 6.07. The fraction of sp³-hybridized carbons (Fsp3) is 0.462. The third-order valence-corrected chi connectivity index (χ3v) is 3.56. The molecule has 1 heterocycles. The molecule has 1 amide bonds. The van der Waals surface area contributed by atoms with E-state index in [1.54, 1.807) is 24.5 Å². The highest BCUT2D eigenvalue weighted by Crippen LogP contribution is 2.43. The summed E-state index contributed by atoms with van der Waals surface area (Å²) < 4.78 is 0. The van der Waals surface area contributed by atoms with E-state index in [1.807, 2.05) is 6.92 Å². The Labute approximate surface area is 105 Å². The van der Waals surface area contributed by atoms with Gasteiger partial charge in [-0.25, -0.2) is 0 Å². The first kappa shape index (κ1) is 12.5. The van der Waals surface area contributed by atoms with Crippen LogP contribution >= 0.6 is 0 Å². The Bertz CT molecular complexity index is 455. The Morgan fingerprint density at radius 1 is 1.39 bits per heavy atom. The van der Waals surface area contributed by atoms with Crippen molar-refractivity contribution in [2.75, 3.05) is 11.4 Å². The highest BCUT2D eigenvalue weighted by molar-refractivity contribution is 6.10. The molecule has 0 radical (unpaired) electrons. The lowest BCUT2D eigenvalue weighted by Gasteiger charge is -2.39. The van der Waals surface area contributed by atoms with Gasteiger partial charge in [0.1, 0.15) is 5.41 Å². The Hall–Kier alpha value is -1.91. The maximum Gasteiger partial charge on any atom is 0.319 e. The average molecular weight is 248 g/mol. The number of carboxylic acid groups (broad SMARTS) is 1. The maximum absolute atomic E-state index is 12.4. The van der Waals surface area contributed by atoms with Gasteiger partial charge in [-0.1, -0.05) is 6.42 Å². The molecule has 0 spiro atoms. The first-order valence-electron chi connectivity index (χ1n) is 6.07. The van der Waals surface area contributed by atoms with Gasteiger partial charge in [0, 0.05) is 24.6 Å². The molecule has 0 saturated heterocycles. The van der Waals surface area contributed by atoms with Crippen LogP contribution in [0.25, 0.3) is 0 Å². The lowest BCUT2D eigenvalue weighted by molar-refractivity contribution is -0.160. The second-order valence-electron chi connectivity index (χ2n) is 4.50. The highest BCUT2D eigenvalue weighted by Gasteiger charge is 2.52. The number of pyridine rings is 1. The van der Waals surface area contributed by atoms with Gasteiger partial charge in [0.05, 0.1) is 0 Å². The van der Waals surface area contributed by atoms with Crippen molar-refractivity contribution in [3.8, 4) is 0 Å². The van der Waals surface area contributed by atoms with Crippen LogP contribution in [0.2, 0.25) is 0 Å². The number of hydrogen-bond acceptors (Lipinski definition) is 3. The largest absolute Gasteiger partial charge is 0.480 e. The first-order chi connectivity index (χ1) is 8.62. The van der Waals surface area contributed by atoms with Gasteiger partial charge in [-0.05, 0) is 31.9 Å². The van der Waals surface area contributed by atoms with E-state index in [0.717, 1.165) is 6.42 Å². The number of carbonyl (C=O) groups is 2. The Morgan fingerprint density at radius 3 is 2.39 bits per heavy atom. The van der Waals surface area contributed by atoms with Gasteiger partial charge in [-0.3, -0.25) is 14.6 Å².